The maximum atomic E-state index is 10.7. The summed E-state index contributed by atoms with van der Waals surface area (Å²) < 4.78 is 7.00. The first kappa shape index (κ1) is 13.4. The first-order valence-electron chi connectivity index (χ1n) is 4.97. The lowest BCUT2D eigenvalue weighted by Crippen LogP contribution is -1.92. The van der Waals surface area contributed by atoms with Crippen molar-refractivity contribution in [3.05, 3.63) is 23.7 Å². The van der Waals surface area contributed by atoms with Crippen LogP contribution in [0.4, 0.5) is 0 Å². The second kappa shape index (κ2) is 5.77. The van der Waals surface area contributed by atoms with E-state index in [-0.39, 0.29) is 11.0 Å². The fraction of sp³-hybridized carbons (Fsp3) is 0.300. The third-order valence-corrected chi connectivity index (χ3v) is 5.18. The van der Waals surface area contributed by atoms with Gasteiger partial charge >= 0.3 is 5.97 Å². The van der Waals surface area contributed by atoms with Crippen LogP contribution in [0.25, 0.3) is 0 Å². The highest BCUT2D eigenvalue weighted by atomic mass is 32.2. The second-order valence-corrected chi connectivity index (χ2v) is 6.92. The molecule has 0 aliphatic rings. The van der Waals surface area contributed by atoms with Gasteiger partial charge in [0.2, 0.25) is 5.76 Å². The lowest BCUT2D eigenvalue weighted by molar-refractivity contribution is 0.0660. The highest BCUT2D eigenvalue weighted by molar-refractivity contribution is 8.03. The molecule has 0 saturated heterocycles. The highest BCUT2D eigenvalue weighted by Gasteiger charge is 2.17. The zero-order valence-corrected chi connectivity index (χ0v) is 12.1. The smallest absolute Gasteiger partial charge is 0.371 e. The third kappa shape index (κ3) is 3.06. The molecule has 8 heteroatoms. The van der Waals surface area contributed by atoms with Crippen LogP contribution in [0.3, 0.4) is 0 Å². The van der Waals surface area contributed by atoms with Crippen LogP contribution >= 0.6 is 34.9 Å². The number of hydrogen-bond acceptors (Lipinski definition) is 7. The van der Waals surface area contributed by atoms with Gasteiger partial charge in [-0.3, -0.25) is 0 Å². The predicted octanol–water partition coefficient (Wildman–Crippen LogP) is 3.40. The summed E-state index contributed by atoms with van der Waals surface area (Å²) in [5, 5.41) is 16.8. The molecule has 5 nitrogen and oxygen atoms in total. The van der Waals surface area contributed by atoms with Crippen LogP contribution in [-0.4, -0.2) is 27.5 Å². The van der Waals surface area contributed by atoms with E-state index in [0.29, 0.717) is 5.76 Å². The van der Waals surface area contributed by atoms with Crippen LogP contribution < -0.4 is 0 Å². The second-order valence-electron chi connectivity index (χ2n) is 3.31. The SMILES string of the molecule is CSc1nnc(SC(C)c2ccc(C(=O)O)o2)s1. The minimum Gasteiger partial charge on any atom is -0.475 e. The monoisotopic (exact) mass is 302 g/mol. The molecule has 0 saturated carbocycles. The Morgan fingerprint density at radius 1 is 1.44 bits per heavy atom. The molecule has 0 aromatic carbocycles. The van der Waals surface area contributed by atoms with Crippen molar-refractivity contribution in [2.24, 2.45) is 0 Å². The van der Waals surface area contributed by atoms with E-state index in [1.807, 2.05) is 13.2 Å². The number of thioether (sulfide) groups is 2. The Morgan fingerprint density at radius 2 is 2.17 bits per heavy atom. The Bertz CT molecular complexity index is 552. The molecule has 0 aliphatic heterocycles. The molecule has 0 amide bonds. The number of furan rings is 1. The predicted molar refractivity (Wildman–Crippen MR) is 71.6 cm³/mol. The van der Waals surface area contributed by atoms with Crippen molar-refractivity contribution < 1.29 is 14.3 Å². The summed E-state index contributed by atoms with van der Waals surface area (Å²) >= 11 is 4.57. The van der Waals surface area contributed by atoms with Crippen LogP contribution in [-0.2, 0) is 0 Å². The molecule has 0 radical (unpaired) electrons. The maximum Gasteiger partial charge on any atom is 0.371 e. The maximum absolute atomic E-state index is 10.7. The van der Waals surface area contributed by atoms with Gasteiger partial charge in [-0.15, -0.1) is 10.2 Å². The molecular weight excluding hydrogens is 292 g/mol. The van der Waals surface area contributed by atoms with E-state index < -0.39 is 5.97 Å². The van der Waals surface area contributed by atoms with E-state index in [9.17, 15) is 4.79 Å². The lowest BCUT2D eigenvalue weighted by atomic mass is 10.3. The number of carboxylic acid groups (broad SMARTS) is 1. The number of aromatic nitrogens is 2. The average molecular weight is 302 g/mol. The molecule has 1 N–H and O–H groups in total. The summed E-state index contributed by atoms with van der Waals surface area (Å²) in [6, 6.07) is 3.14. The fourth-order valence-corrected chi connectivity index (χ4v) is 3.88. The van der Waals surface area contributed by atoms with Gasteiger partial charge in [-0.05, 0) is 25.3 Å². The van der Waals surface area contributed by atoms with Crippen molar-refractivity contribution in [2.45, 2.75) is 20.9 Å². The number of hydrogen-bond donors (Lipinski definition) is 1. The number of aromatic carboxylic acids is 1. The number of carbonyl (C=O) groups is 1. The van der Waals surface area contributed by atoms with Crippen molar-refractivity contribution >= 4 is 40.8 Å². The molecule has 0 spiro atoms. The van der Waals surface area contributed by atoms with Gasteiger partial charge in [-0.2, -0.15) is 0 Å². The lowest BCUT2D eigenvalue weighted by Gasteiger charge is -2.04. The first-order valence-corrected chi connectivity index (χ1v) is 7.89. The Morgan fingerprint density at radius 3 is 2.72 bits per heavy atom. The molecule has 2 aromatic heterocycles. The highest BCUT2D eigenvalue weighted by Crippen LogP contribution is 2.38. The van der Waals surface area contributed by atoms with Gasteiger partial charge in [0, 0.05) is 0 Å². The number of nitrogens with zero attached hydrogens (tertiary/aromatic N) is 2. The average Bonchev–Trinajstić information content (AvgIpc) is 2.97. The van der Waals surface area contributed by atoms with Crippen LogP contribution in [0.2, 0.25) is 0 Å². The Labute approximate surface area is 116 Å². The van der Waals surface area contributed by atoms with Crippen molar-refractivity contribution in [2.75, 3.05) is 6.26 Å². The fourth-order valence-electron chi connectivity index (χ4n) is 1.22. The van der Waals surface area contributed by atoms with E-state index in [4.69, 9.17) is 9.52 Å². The molecule has 0 aliphatic carbocycles. The van der Waals surface area contributed by atoms with E-state index in [0.717, 1.165) is 8.68 Å². The normalized spacial score (nSPS) is 12.6. The molecular formula is C10H10N2O3S3. The third-order valence-electron chi connectivity index (χ3n) is 2.08. The Hall–Kier alpha value is -0.990. The summed E-state index contributed by atoms with van der Waals surface area (Å²) in [5.74, 6) is -0.475. The van der Waals surface area contributed by atoms with Gasteiger partial charge in [0.25, 0.3) is 0 Å². The minimum atomic E-state index is -1.06. The van der Waals surface area contributed by atoms with Crippen molar-refractivity contribution in [3.8, 4) is 0 Å². The minimum absolute atomic E-state index is 0.000700. The van der Waals surface area contributed by atoms with Crippen molar-refractivity contribution in [3.63, 3.8) is 0 Å². The standard InChI is InChI=1S/C10H10N2O3S3/c1-5(6-3-4-7(15-6)8(13)14)17-10-12-11-9(16-2)18-10/h3-5H,1-2H3,(H,13,14). The summed E-state index contributed by atoms with van der Waals surface area (Å²) in [6.45, 7) is 1.94. The number of rotatable bonds is 5. The Kier molecular flexibility index (Phi) is 4.31. The van der Waals surface area contributed by atoms with Crippen LogP contribution in [0.1, 0.15) is 28.5 Å². The van der Waals surface area contributed by atoms with Gasteiger partial charge in [-0.1, -0.05) is 34.9 Å². The molecule has 96 valence electrons. The largest absolute Gasteiger partial charge is 0.475 e. The van der Waals surface area contributed by atoms with Crippen molar-refractivity contribution in [1.82, 2.24) is 10.2 Å². The summed E-state index contributed by atoms with van der Waals surface area (Å²) in [7, 11) is 0. The van der Waals surface area contributed by atoms with Crippen LogP contribution in [0, 0.1) is 0 Å². The summed E-state index contributed by atoms with van der Waals surface area (Å²) in [5.41, 5.74) is 0. The molecule has 2 heterocycles. The van der Waals surface area contributed by atoms with E-state index in [1.165, 1.54) is 29.2 Å². The van der Waals surface area contributed by atoms with Gasteiger partial charge in [0.05, 0.1) is 5.25 Å². The zero-order valence-electron chi connectivity index (χ0n) is 9.61. The van der Waals surface area contributed by atoms with Gasteiger partial charge in [-0.25, -0.2) is 4.79 Å². The van der Waals surface area contributed by atoms with E-state index in [1.54, 1.807) is 17.8 Å². The molecule has 1 unspecified atom stereocenters. The van der Waals surface area contributed by atoms with Gasteiger partial charge in [0.1, 0.15) is 5.76 Å². The molecule has 2 aromatic rings. The zero-order chi connectivity index (χ0) is 13.1. The number of carboxylic acids is 1. The van der Waals surface area contributed by atoms with Gasteiger partial charge < -0.3 is 9.52 Å². The topological polar surface area (TPSA) is 76.2 Å². The molecule has 18 heavy (non-hydrogen) atoms. The molecule has 0 bridgehead atoms. The quantitative estimate of drug-likeness (QED) is 0.848. The van der Waals surface area contributed by atoms with E-state index in [2.05, 4.69) is 10.2 Å². The molecule has 0 fully saturated rings. The molecule has 1 atom stereocenters. The van der Waals surface area contributed by atoms with E-state index >= 15 is 0 Å². The summed E-state index contributed by atoms with van der Waals surface area (Å²) in [4.78, 5) is 10.7. The summed E-state index contributed by atoms with van der Waals surface area (Å²) in [6.07, 6.45) is 1.95. The van der Waals surface area contributed by atoms with Crippen LogP contribution in [0.5, 0.6) is 0 Å². The Balaban J connectivity index is 2.06. The van der Waals surface area contributed by atoms with Gasteiger partial charge in [0.15, 0.2) is 8.68 Å². The van der Waals surface area contributed by atoms with Crippen molar-refractivity contribution in [1.29, 1.82) is 0 Å². The first-order chi connectivity index (χ1) is 8.60. The van der Waals surface area contributed by atoms with Crippen LogP contribution in [0.15, 0.2) is 25.2 Å². The molecule has 2 rings (SSSR count).